The van der Waals surface area contributed by atoms with E-state index in [-0.39, 0.29) is 51.3 Å². The molecule has 27 heteroatoms. The van der Waals surface area contributed by atoms with Gasteiger partial charge in [0.05, 0.1) is 97.6 Å². The summed E-state index contributed by atoms with van der Waals surface area (Å²) in [5, 5.41) is 3.81. The average Bonchev–Trinajstić information content (AvgIpc) is 1.75. The number of rotatable bonds is 18. The summed E-state index contributed by atoms with van der Waals surface area (Å²) in [5.41, 5.74) is 4.17. The number of anilines is 3. The number of morpholine rings is 2. The van der Waals surface area contributed by atoms with Crippen molar-refractivity contribution in [2.24, 2.45) is 8.73 Å². The van der Waals surface area contributed by atoms with Gasteiger partial charge in [0.15, 0.2) is 17.5 Å². The Kier molecular flexibility index (Phi) is 25.8. The Morgan fingerprint density at radius 1 is 0.648 bits per heavy atom. The predicted molar refractivity (Wildman–Crippen MR) is 368 cm³/mol. The SMILES string of the molecule is C.CC(Cl)Cl.COc1ccc(CCc2cc(B3OC(C)(C)C(C)(C)O3)cc(OC)n2)cc1.COc1ccc(CNc2cc(-c3nc(N=S(C)(=O)C4CC4)cc(N4CCOC[C@H]4C)n3)cc(OC)n2)cc1.C[C@@H]1COCCN1c1cc(N=S(C)(=O)C2CC2)nc(Cl)n1. The van der Waals surface area contributed by atoms with Crippen molar-refractivity contribution in [3.63, 3.8) is 0 Å². The van der Waals surface area contributed by atoms with Crippen LogP contribution in [0.25, 0.3) is 11.4 Å². The van der Waals surface area contributed by atoms with Crippen LogP contribution in [0.4, 0.5) is 29.1 Å². The Morgan fingerprint density at radius 2 is 1.13 bits per heavy atom. The Balaban J connectivity index is 0.000000195. The van der Waals surface area contributed by atoms with Crippen LogP contribution >= 0.6 is 34.8 Å². The highest BCUT2D eigenvalue weighted by Gasteiger charge is 2.52. The third-order valence-corrected chi connectivity index (χ3v) is 20.6. The molecule has 21 nitrogen and oxygen atoms in total. The minimum absolute atomic E-state index is 0. The van der Waals surface area contributed by atoms with Gasteiger partial charge in [-0.1, -0.05) is 31.7 Å². The van der Waals surface area contributed by atoms with E-state index in [1.54, 1.807) is 60.0 Å². The maximum absolute atomic E-state index is 13.2. The van der Waals surface area contributed by atoms with Crippen molar-refractivity contribution < 1.29 is 46.1 Å². The lowest BCUT2D eigenvalue weighted by atomic mass is 9.79. The van der Waals surface area contributed by atoms with Gasteiger partial charge in [0, 0.05) is 78.2 Å². The number of hydrogen-bond donors (Lipinski definition) is 1. The minimum atomic E-state index is -2.38. The summed E-state index contributed by atoms with van der Waals surface area (Å²) in [6, 6.07) is 27.5. The van der Waals surface area contributed by atoms with Crippen LogP contribution in [0.5, 0.6) is 23.3 Å². The van der Waals surface area contributed by atoms with Crippen molar-refractivity contribution in [3.8, 4) is 34.6 Å². The van der Waals surface area contributed by atoms with E-state index in [4.69, 9.17) is 82.5 Å². The summed E-state index contributed by atoms with van der Waals surface area (Å²) in [6.07, 6.45) is 8.93. The second kappa shape index (κ2) is 32.3. The normalized spacial score (nSPS) is 19.5. The number of nitrogens with one attached hydrogen (secondary N) is 1. The molecular formula is C64H89BCl3N11O10S2. The molecule has 11 rings (SSSR count). The fourth-order valence-electron chi connectivity index (χ4n) is 9.76. The fraction of sp³-hybridized carbons (Fsp3) is 0.531. The first-order valence-electron chi connectivity index (χ1n) is 30.1. The van der Waals surface area contributed by atoms with E-state index in [0.717, 1.165) is 90.5 Å². The van der Waals surface area contributed by atoms with Gasteiger partial charge in [-0.05, 0) is 152 Å². The molecular weight excluding hydrogens is 1260 g/mol. The predicted octanol–water partition coefficient (Wildman–Crippen LogP) is 12.2. The number of pyridine rings is 2. The lowest BCUT2D eigenvalue weighted by molar-refractivity contribution is 0.00578. The van der Waals surface area contributed by atoms with Crippen LogP contribution in [0.2, 0.25) is 5.28 Å². The van der Waals surface area contributed by atoms with Crippen LogP contribution in [0, 0.1) is 0 Å². The average molecular weight is 1350 g/mol. The molecule has 6 aromatic rings. The highest BCUT2D eigenvalue weighted by Crippen LogP contribution is 2.38. The summed E-state index contributed by atoms with van der Waals surface area (Å²) in [4.78, 5) is 31.2. The molecule has 4 atom stereocenters. The van der Waals surface area contributed by atoms with E-state index >= 15 is 0 Å². The van der Waals surface area contributed by atoms with Crippen LogP contribution in [0.15, 0.2) is 93.7 Å². The first-order chi connectivity index (χ1) is 42.8. The standard InChI is InChI=1S/C27H34N6O4S.C21H28BNO4.C13H19ClN4O2S.C2H4Cl2.CH4/c1-18-17-37-12-11-33(18)25-15-24(32-38(4,34)22-9-10-22)30-27(31-25)20-13-23(29-26(14-20)36-3)28-16-19-5-7-21(35-2)8-6-19;1-20(2)21(3,4)27-22(26-20)16-13-17(23-19(14-16)25-6)10-7-15-8-11-18(24-5)12-9-15;1-9-8-20-6-5-18(9)12-7-11(15-13(14)16-12)17-21(2,19)10-3-4-10;1-2(3)4;/h5-8,13-15,18,22H,9-12,16-17H2,1-4H3,(H,28,29);8-9,11-14H,7,10H2,1-6H3;7,9-10H,3-6,8H2,1-2H3;2H,1H3;1H4/t18-,38?;;9-,21?;;/m1.1../s1. The molecule has 1 N–H and O–H groups in total. The van der Waals surface area contributed by atoms with Gasteiger partial charge in [-0.2, -0.15) is 18.7 Å². The van der Waals surface area contributed by atoms with Crippen LogP contribution in [0.1, 0.15) is 98.4 Å². The third-order valence-electron chi connectivity index (χ3n) is 15.9. The lowest BCUT2D eigenvalue weighted by Gasteiger charge is -2.34. The summed E-state index contributed by atoms with van der Waals surface area (Å²) in [7, 11) is 1.49. The van der Waals surface area contributed by atoms with Crippen molar-refractivity contribution in [1.29, 1.82) is 0 Å². The monoisotopic (exact) mass is 1350 g/mol. The molecule has 5 fully saturated rings. The number of nitrogens with zero attached hydrogens (tertiary/aromatic N) is 10. The number of methoxy groups -OCH3 is 4. The molecule has 7 heterocycles. The summed E-state index contributed by atoms with van der Waals surface area (Å²) in [5.74, 6) is 6.06. The van der Waals surface area contributed by atoms with Crippen molar-refractivity contribution in [2.75, 3.05) is 95.6 Å². The second-order valence-electron chi connectivity index (χ2n) is 23.7. The molecule has 0 spiro atoms. The fourth-order valence-corrected chi connectivity index (χ4v) is 13.2. The molecule has 2 aromatic carbocycles. The van der Waals surface area contributed by atoms with Crippen molar-refractivity contribution in [3.05, 3.63) is 107 Å². The van der Waals surface area contributed by atoms with E-state index in [2.05, 4.69) is 97.5 Å². The van der Waals surface area contributed by atoms with Gasteiger partial charge in [0.25, 0.3) is 0 Å². The molecule has 4 aromatic heterocycles. The molecule has 91 heavy (non-hydrogen) atoms. The molecule has 2 saturated carbocycles. The topological polar surface area (TPSA) is 229 Å². The van der Waals surface area contributed by atoms with E-state index in [1.807, 2.05) is 60.7 Å². The Bertz CT molecular complexity index is 3610. The van der Waals surface area contributed by atoms with E-state index in [1.165, 1.54) is 5.56 Å². The Hall–Kier alpha value is -5.83. The van der Waals surface area contributed by atoms with Crippen molar-refractivity contribution in [2.45, 2.75) is 140 Å². The van der Waals surface area contributed by atoms with Gasteiger partial charge < -0.3 is 52.8 Å². The molecule has 0 radical (unpaired) electrons. The molecule has 3 aliphatic heterocycles. The largest absolute Gasteiger partial charge is 0.497 e. The van der Waals surface area contributed by atoms with Crippen molar-refractivity contribution >= 4 is 95.9 Å². The zero-order chi connectivity index (χ0) is 65.0. The van der Waals surface area contributed by atoms with Crippen LogP contribution in [-0.4, -0.2) is 165 Å². The number of ether oxygens (including phenoxy) is 6. The molecule has 5 aliphatic rings. The number of alkyl halides is 2. The number of benzene rings is 2. The molecule has 496 valence electrons. The molecule has 2 unspecified atom stereocenters. The van der Waals surface area contributed by atoms with Gasteiger partial charge in [-0.25, -0.2) is 28.4 Å². The zero-order valence-corrected chi connectivity index (χ0v) is 57.6. The summed E-state index contributed by atoms with van der Waals surface area (Å²) < 4.78 is 79.4. The molecule has 0 bridgehead atoms. The molecule has 2 aliphatic carbocycles. The van der Waals surface area contributed by atoms with Gasteiger partial charge in [0.1, 0.15) is 33.8 Å². The Morgan fingerprint density at radius 3 is 1.62 bits per heavy atom. The van der Waals surface area contributed by atoms with Gasteiger partial charge in [-0.3, -0.25) is 0 Å². The highest BCUT2D eigenvalue weighted by atomic mass is 35.5. The summed E-state index contributed by atoms with van der Waals surface area (Å²) in [6.45, 7) is 18.6. The first kappa shape index (κ1) is 72.6. The maximum atomic E-state index is 13.2. The maximum Gasteiger partial charge on any atom is 0.495 e. The van der Waals surface area contributed by atoms with Crippen LogP contribution in [-0.2, 0) is 57.6 Å². The second-order valence-corrected chi connectivity index (χ2v) is 30.7. The van der Waals surface area contributed by atoms with E-state index in [9.17, 15) is 8.42 Å². The minimum Gasteiger partial charge on any atom is -0.497 e. The quantitative estimate of drug-likeness (QED) is 0.0479. The number of hydrogen-bond acceptors (Lipinski definition) is 21. The number of halogens is 3. The van der Waals surface area contributed by atoms with Crippen LogP contribution in [0.3, 0.4) is 0 Å². The number of aryl methyl sites for hydroxylation is 2. The first-order valence-corrected chi connectivity index (χ1v) is 35.3. The van der Waals surface area contributed by atoms with E-state index < -0.39 is 26.6 Å². The lowest BCUT2D eigenvalue weighted by Crippen LogP contribution is -2.44. The Labute approximate surface area is 554 Å². The highest BCUT2D eigenvalue weighted by molar-refractivity contribution is 7.94. The summed E-state index contributed by atoms with van der Waals surface area (Å²) >= 11 is 16.1. The molecule has 0 amide bonds. The van der Waals surface area contributed by atoms with Gasteiger partial charge in [-0.15, -0.1) is 23.2 Å². The van der Waals surface area contributed by atoms with Crippen LogP contribution < -0.4 is 39.5 Å². The zero-order valence-electron chi connectivity index (χ0n) is 53.7. The molecule has 3 saturated heterocycles. The third kappa shape index (κ3) is 20.8. The van der Waals surface area contributed by atoms with Gasteiger partial charge >= 0.3 is 7.12 Å². The van der Waals surface area contributed by atoms with Gasteiger partial charge in [0.2, 0.25) is 17.0 Å². The van der Waals surface area contributed by atoms with Crippen molar-refractivity contribution in [1.82, 2.24) is 29.9 Å². The smallest absolute Gasteiger partial charge is 0.495 e. The van der Waals surface area contributed by atoms with E-state index in [0.29, 0.717) is 74.6 Å². The number of aromatic nitrogens is 6.